The quantitative estimate of drug-likeness (QED) is 0.676. The highest BCUT2D eigenvalue weighted by molar-refractivity contribution is 8.68. The van der Waals surface area contributed by atoms with Gasteiger partial charge >= 0.3 is 5.97 Å². The summed E-state index contributed by atoms with van der Waals surface area (Å²) >= 11 is 0. The summed E-state index contributed by atoms with van der Waals surface area (Å²) in [6.45, 7) is 2.32. The van der Waals surface area contributed by atoms with Crippen LogP contribution >= 0.6 is 8.29 Å². The van der Waals surface area contributed by atoms with Crippen molar-refractivity contribution in [1.82, 2.24) is 0 Å². The molecular weight excluding hydrogens is 354 g/mol. The molecule has 0 radical (unpaired) electrons. The Labute approximate surface area is 162 Å². The van der Waals surface area contributed by atoms with Crippen LogP contribution in [-0.2, 0) is 0 Å². The normalized spacial score (nSPS) is 30.6. The number of carbonyl (C=O) groups is 1. The lowest BCUT2D eigenvalue weighted by Crippen LogP contribution is -2.36. The average Bonchev–Trinajstić information content (AvgIpc) is 3.41. The van der Waals surface area contributed by atoms with E-state index in [4.69, 9.17) is 5.11 Å². The Bertz CT molecular complexity index is 895. The van der Waals surface area contributed by atoms with E-state index in [1.54, 1.807) is 22.6 Å². The number of benzene rings is 1. The van der Waals surface area contributed by atoms with Crippen molar-refractivity contribution in [3.05, 3.63) is 50.9 Å². The molecule has 1 aliphatic heterocycles. The first kappa shape index (κ1) is 18.7. The third-order valence-electron chi connectivity index (χ3n) is 6.94. The van der Waals surface area contributed by atoms with Crippen molar-refractivity contribution < 1.29 is 9.90 Å². The van der Waals surface area contributed by atoms with Crippen LogP contribution in [0.1, 0.15) is 49.4 Å². The Hall–Kier alpha value is -1.68. The fourth-order valence-electron chi connectivity index (χ4n) is 5.46. The molecule has 0 aromatic heterocycles. The monoisotopic (exact) mass is 387 g/mol. The molecule has 27 heavy (non-hydrogen) atoms. The minimum atomic E-state index is -2.59. The van der Waals surface area contributed by atoms with E-state index in [-0.39, 0.29) is 0 Å². The fourth-order valence-corrected chi connectivity index (χ4v) is 10.1. The van der Waals surface area contributed by atoms with E-state index < -0.39 is 14.3 Å². The minimum absolute atomic E-state index is 0.330. The van der Waals surface area contributed by atoms with Crippen molar-refractivity contribution in [2.75, 3.05) is 30.3 Å². The third-order valence-corrected chi connectivity index (χ3v) is 11.8. The Morgan fingerprint density at radius 1 is 1.07 bits per heavy atom. The first-order valence-electron chi connectivity index (χ1n) is 9.99. The summed E-state index contributed by atoms with van der Waals surface area (Å²) in [6, 6.07) is 7.17. The molecule has 0 bridgehead atoms. The number of nitrogens with one attached hydrogen (secondary N) is 1. The SMILES string of the molecule is CC1=C(Nc2ccc(C(=O)O)cc2)S(C)(C)(C)(C)C2=C1C(C1CC1)CCC2. The number of aromatic carboxylic acids is 1. The van der Waals surface area contributed by atoms with Crippen molar-refractivity contribution in [3.8, 4) is 0 Å². The summed E-state index contributed by atoms with van der Waals surface area (Å²) in [7, 11) is -2.59. The first-order valence-corrected chi connectivity index (χ1v) is 14.1. The van der Waals surface area contributed by atoms with Gasteiger partial charge in [0, 0.05) is 10.7 Å². The van der Waals surface area contributed by atoms with Crippen LogP contribution in [0.15, 0.2) is 45.3 Å². The highest BCUT2D eigenvalue weighted by atomic mass is 32.4. The highest BCUT2D eigenvalue weighted by Gasteiger charge is 2.58. The molecule has 1 unspecified atom stereocenters. The van der Waals surface area contributed by atoms with Crippen molar-refractivity contribution in [2.45, 2.75) is 39.0 Å². The fraction of sp³-hybridized carbons (Fsp3) is 0.522. The molecule has 1 aromatic rings. The summed E-state index contributed by atoms with van der Waals surface area (Å²) in [5.41, 5.74) is 4.44. The molecule has 1 fully saturated rings. The molecule has 2 N–H and O–H groups in total. The average molecular weight is 388 g/mol. The molecule has 1 heterocycles. The Kier molecular flexibility index (Phi) is 3.61. The standard InChI is InChI=1S/C23H33NO2S/c1-15-21-19(16-9-10-16)7-6-8-20(21)27(2,3,4,5)22(15)24-18-13-11-17(12-14-18)23(25)26/h11-14,16,19,24H,6-10H2,1-5H3,(H,25,26). The van der Waals surface area contributed by atoms with Gasteiger partial charge < -0.3 is 10.4 Å². The second-order valence-electron chi connectivity index (χ2n) is 10.8. The molecule has 1 aromatic carbocycles. The molecule has 1 saturated carbocycles. The van der Waals surface area contributed by atoms with Crippen molar-refractivity contribution in [3.63, 3.8) is 0 Å². The van der Waals surface area contributed by atoms with E-state index >= 15 is 0 Å². The molecule has 148 valence electrons. The number of hydrogen-bond acceptors (Lipinski definition) is 2. The van der Waals surface area contributed by atoms with Crippen LogP contribution in [0.5, 0.6) is 0 Å². The van der Waals surface area contributed by atoms with Gasteiger partial charge in [-0.05, 0) is 116 Å². The second kappa shape index (κ2) is 5.22. The molecule has 0 amide bonds. The zero-order chi connectivity index (χ0) is 19.7. The Morgan fingerprint density at radius 2 is 1.70 bits per heavy atom. The van der Waals surface area contributed by atoms with Gasteiger partial charge in [0.15, 0.2) is 0 Å². The van der Waals surface area contributed by atoms with E-state index in [0.717, 1.165) is 17.5 Å². The number of allylic oxidation sites excluding steroid dienone is 3. The molecule has 3 nitrogen and oxygen atoms in total. The molecule has 4 rings (SSSR count). The third kappa shape index (κ3) is 2.84. The van der Waals surface area contributed by atoms with E-state index in [1.807, 2.05) is 12.1 Å². The van der Waals surface area contributed by atoms with Gasteiger partial charge in [0.1, 0.15) is 0 Å². The van der Waals surface area contributed by atoms with Gasteiger partial charge in [-0.25, -0.2) is 13.1 Å². The maximum absolute atomic E-state index is 11.2. The maximum atomic E-state index is 11.2. The van der Waals surface area contributed by atoms with Gasteiger partial charge in [-0.2, -0.15) is 0 Å². The number of carboxylic acid groups (broad SMARTS) is 1. The van der Waals surface area contributed by atoms with E-state index in [2.05, 4.69) is 37.3 Å². The summed E-state index contributed by atoms with van der Waals surface area (Å²) in [5.74, 6) is 0.763. The van der Waals surface area contributed by atoms with E-state index in [9.17, 15) is 4.79 Å². The van der Waals surface area contributed by atoms with Gasteiger partial charge in [0.25, 0.3) is 0 Å². The van der Waals surface area contributed by atoms with Crippen LogP contribution in [0.3, 0.4) is 0 Å². The zero-order valence-electron chi connectivity index (χ0n) is 17.3. The predicted molar refractivity (Wildman–Crippen MR) is 118 cm³/mol. The topological polar surface area (TPSA) is 49.3 Å². The van der Waals surface area contributed by atoms with Crippen LogP contribution in [-0.4, -0.2) is 36.1 Å². The number of rotatable bonds is 4. The summed E-state index contributed by atoms with van der Waals surface area (Å²) in [4.78, 5) is 12.9. The largest absolute Gasteiger partial charge is 0.478 e. The number of hydrogen-bond donors (Lipinski definition) is 2. The molecule has 1 atom stereocenters. The minimum Gasteiger partial charge on any atom is -0.478 e. The molecule has 2 aliphatic carbocycles. The van der Waals surface area contributed by atoms with Crippen LogP contribution in [0.4, 0.5) is 5.69 Å². The Balaban J connectivity index is 1.78. The maximum Gasteiger partial charge on any atom is 0.335 e. The molecular formula is C23H33NO2S. The summed E-state index contributed by atoms with van der Waals surface area (Å²) < 4.78 is 0. The van der Waals surface area contributed by atoms with Crippen LogP contribution in [0.25, 0.3) is 0 Å². The second-order valence-corrected chi connectivity index (χ2v) is 20.1. The van der Waals surface area contributed by atoms with Crippen molar-refractivity contribution >= 4 is 20.0 Å². The lowest BCUT2D eigenvalue weighted by Gasteiger charge is -2.70. The Morgan fingerprint density at radius 3 is 2.26 bits per heavy atom. The van der Waals surface area contributed by atoms with Crippen LogP contribution in [0.2, 0.25) is 0 Å². The predicted octanol–water partition coefficient (Wildman–Crippen LogP) is 5.90. The lowest BCUT2D eigenvalue weighted by atomic mass is 9.81. The van der Waals surface area contributed by atoms with Gasteiger partial charge in [-0.3, -0.25) is 0 Å². The molecule has 4 heteroatoms. The van der Waals surface area contributed by atoms with Gasteiger partial charge in [0.05, 0.1) is 5.56 Å². The zero-order valence-corrected chi connectivity index (χ0v) is 18.1. The van der Waals surface area contributed by atoms with E-state index in [0.29, 0.717) is 5.56 Å². The van der Waals surface area contributed by atoms with Crippen LogP contribution < -0.4 is 5.32 Å². The van der Waals surface area contributed by atoms with Gasteiger partial charge in [0.2, 0.25) is 0 Å². The van der Waals surface area contributed by atoms with Crippen molar-refractivity contribution in [1.29, 1.82) is 0 Å². The summed E-state index contributed by atoms with van der Waals surface area (Å²) in [5, 5.41) is 14.3. The summed E-state index contributed by atoms with van der Waals surface area (Å²) in [6.07, 6.45) is 16.7. The smallest absolute Gasteiger partial charge is 0.335 e. The first-order chi connectivity index (χ1) is 12.4. The molecule has 3 aliphatic rings. The lowest BCUT2D eigenvalue weighted by molar-refractivity contribution is 0.0697. The molecule has 0 spiro atoms. The van der Waals surface area contributed by atoms with Crippen LogP contribution in [0, 0.1) is 11.8 Å². The molecule has 0 saturated heterocycles. The highest BCUT2D eigenvalue weighted by Crippen LogP contribution is 2.94. The number of carboxylic acids is 1. The van der Waals surface area contributed by atoms with Gasteiger partial charge in [-0.1, -0.05) is 0 Å². The van der Waals surface area contributed by atoms with Gasteiger partial charge in [-0.15, -0.1) is 0 Å². The van der Waals surface area contributed by atoms with Crippen molar-refractivity contribution in [2.24, 2.45) is 11.8 Å². The van der Waals surface area contributed by atoms with E-state index in [1.165, 1.54) is 42.7 Å². The number of anilines is 1.